The predicted octanol–water partition coefficient (Wildman–Crippen LogP) is 11.2. The molecule has 2 aromatic heterocycles. The van der Waals surface area contributed by atoms with Crippen molar-refractivity contribution in [1.29, 1.82) is 0 Å². The highest BCUT2D eigenvalue weighted by atomic mass is 32.1. The Bertz CT molecular complexity index is 2820. The van der Waals surface area contributed by atoms with E-state index in [2.05, 4.69) is 115 Å². The third-order valence-electron chi connectivity index (χ3n) is 10.7. The van der Waals surface area contributed by atoms with Gasteiger partial charge in [-0.2, -0.15) is 0 Å². The Morgan fingerprint density at radius 3 is 1.59 bits per heavy atom. The van der Waals surface area contributed by atoms with Gasteiger partial charge in [-0.05, 0) is 62.7 Å². The van der Waals surface area contributed by atoms with E-state index in [0.717, 1.165) is 33.3 Å². The molecule has 0 saturated heterocycles. The largest absolute Gasteiger partial charge is 0.398 e. The Morgan fingerprint density at radius 1 is 0.392 bits per heavy atom. The SMILES string of the molecule is Nc1cccc2sc3ccc4c(c3c12)-c1ccccc1C41c2ccccc2-c2c(-c3nc(-c4ccccc4)nc(-c4ccccc4)n3)cccc21. The van der Waals surface area contributed by atoms with E-state index in [1.54, 1.807) is 0 Å². The summed E-state index contributed by atoms with van der Waals surface area (Å²) in [5.74, 6) is 1.96. The molecule has 9 aromatic rings. The second-order valence-electron chi connectivity index (χ2n) is 13.3. The van der Waals surface area contributed by atoms with Crippen LogP contribution in [0, 0.1) is 0 Å². The average molecular weight is 669 g/mol. The number of benzene rings is 7. The van der Waals surface area contributed by atoms with Crippen LogP contribution in [0.2, 0.25) is 0 Å². The quantitative estimate of drug-likeness (QED) is 0.190. The molecule has 0 radical (unpaired) electrons. The minimum absolute atomic E-state index is 0.530. The summed E-state index contributed by atoms with van der Waals surface area (Å²) in [6.45, 7) is 0. The summed E-state index contributed by atoms with van der Waals surface area (Å²) in [4.78, 5) is 15.4. The van der Waals surface area contributed by atoms with Gasteiger partial charge in [-0.25, -0.2) is 15.0 Å². The van der Waals surface area contributed by atoms with Gasteiger partial charge < -0.3 is 5.73 Å². The van der Waals surface area contributed by atoms with E-state index in [0.29, 0.717) is 17.5 Å². The summed E-state index contributed by atoms with van der Waals surface area (Å²) in [5.41, 5.74) is 19.9. The fraction of sp³-hybridized carbons (Fsp3) is 0.0217. The van der Waals surface area contributed by atoms with Gasteiger partial charge in [-0.3, -0.25) is 0 Å². The fourth-order valence-electron chi connectivity index (χ4n) is 8.73. The number of rotatable bonds is 3. The topological polar surface area (TPSA) is 64.7 Å². The molecule has 4 nitrogen and oxygen atoms in total. The van der Waals surface area contributed by atoms with Crippen molar-refractivity contribution in [2.45, 2.75) is 5.41 Å². The van der Waals surface area contributed by atoms with E-state index in [4.69, 9.17) is 20.7 Å². The number of hydrogen-bond acceptors (Lipinski definition) is 5. The molecular formula is C46H28N4S. The summed E-state index contributed by atoms with van der Waals surface area (Å²) in [6.07, 6.45) is 0. The molecule has 0 aliphatic heterocycles. The van der Waals surface area contributed by atoms with Gasteiger partial charge in [0.25, 0.3) is 0 Å². The molecule has 0 bridgehead atoms. The van der Waals surface area contributed by atoms with Crippen LogP contribution in [0.15, 0.2) is 158 Å². The van der Waals surface area contributed by atoms with Gasteiger partial charge in [0.1, 0.15) is 0 Å². The lowest BCUT2D eigenvalue weighted by molar-refractivity contribution is 0.794. The van der Waals surface area contributed by atoms with E-state index in [-0.39, 0.29) is 0 Å². The van der Waals surface area contributed by atoms with Gasteiger partial charge in [-0.15, -0.1) is 11.3 Å². The number of nitrogens with zero attached hydrogens (tertiary/aromatic N) is 3. The van der Waals surface area contributed by atoms with Gasteiger partial charge in [0.05, 0.1) is 5.41 Å². The first-order valence-electron chi connectivity index (χ1n) is 17.2. The van der Waals surface area contributed by atoms with Crippen LogP contribution in [0.5, 0.6) is 0 Å². The Hall–Kier alpha value is -6.43. The highest BCUT2D eigenvalue weighted by Gasteiger charge is 2.52. The van der Waals surface area contributed by atoms with Crippen LogP contribution >= 0.6 is 11.3 Å². The van der Waals surface area contributed by atoms with Crippen molar-refractivity contribution >= 4 is 37.2 Å². The maximum Gasteiger partial charge on any atom is 0.164 e. The molecule has 0 saturated carbocycles. The molecule has 1 atom stereocenters. The van der Waals surface area contributed by atoms with Crippen LogP contribution in [-0.2, 0) is 5.41 Å². The van der Waals surface area contributed by atoms with Crippen molar-refractivity contribution in [2.24, 2.45) is 0 Å². The van der Waals surface area contributed by atoms with Crippen LogP contribution in [0.25, 0.3) is 76.6 Å². The zero-order chi connectivity index (χ0) is 33.7. The Labute approximate surface area is 298 Å². The van der Waals surface area contributed by atoms with Crippen molar-refractivity contribution in [3.8, 4) is 56.4 Å². The zero-order valence-corrected chi connectivity index (χ0v) is 28.2. The van der Waals surface area contributed by atoms with E-state index in [9.17, 15) is 0 Å². The first kappa shape index (κ1) is 28.4. The number of thiophene rings is 1. The molecule has 11 rings (SSSR count). The highest BCUT2D eigenvalue weighted by Crippen LogP contribution is 2.65. The smallest absolute Gasteiger partial charge is 0.164 e. The number of nitrogen functional groups attached to an aromatic ring is 1. The number of anilines is 1. The summed E-state index contributed by atoms with van der Waals surface area (Å²) in [6, 6.07) is 55.8. The zero-order valence-electron chi connectivity index (χ0n) is 27.3. The van der Waals surface area contributed by atoms with E-state index in [1.165, 1.54) is 53.7 Å². The predicted molar refractivity (Wildman–Crippen MR) is 210 cm³/mol. The Morgan fingerprint density at radius 2 is 0.902 bits per heavy atom. The van der Waals surface area contributed by atoms with E-state index in [1.807, 2.05) is 53.8 Å². The average Bonchev–Trinajstić information content (AvgIpc) is 3.83. The van der Waals surface area contributed by atoms with Crippen molar-refractivity contribution in [3.63, 3.8) is 0 Å². The third kappa shape index (κ3) is 3.81. The van der Waals surface area contributed by atoms with Crippen molar-refractivity contribution in [3.05, 3.63) is 180 Å². The lowest BCUT2D eigenvalue weighted by Crippen LogP contribution is -2.25. The number of nitrogens with two attached hydrogens (primary N) is 1. The monoisotopic (exact) mass is 668 g/mol. The summed E-state index contributed by atoms with van der Waals surface area (Å²) < 4.78 is 2.46. The normalized spacial score (nSPS) is 15.2. The minimum atomic E-state index is -0.530. The van der Waals surface area contributed by atoms with Gasteiger partial charge in [-0.1, -0.05) is 140 Å². The van der Waals surface area contributed by atoms with Crippen molar-refractivity contribution in [1.82, 2.24) is 15.0 Å². The summed E-state index contributed by atoms with van der Waals surface area (Å²) in [7, 11) is 0. The second-order valence-corrected chi connectivity index (χ2v) is 14.4. The minimum Gasteiger partial charge on any atom is -0.398 e. The molecule has 1 unspecified atom stereocenters. The molecule has 238 valence electrons. The van der Waals surface area contributed by atoms with Crippen LogP contribution in [0.1, 0.15) is 22.3 Å². The van der Waals surface area contributed by atoms with E-state index < -0.39 is 5.41 Å². The molecule has 1 spiro atoms. The third-order valence-corrected chi connectivity index (χ3v) is 11.8. The molecule has 2 aliphatic rings. The first-order valence-corrected chi connectivity index (χ1v) is 18.0. The summed E-state index contributed by atoms with van der Waals surface area (Å²) >= 11 is 1.81. The molecule has 5 heteroatoms. The van der Waals surface area contributed by atoms with Crippen LogP contribution in [0.3, 0.4) is 0 Å². The molecule has 51 heavy (non-hydrogen) atoms. The molecule has 2 N–H and O–H groups in total. The van der Waals surface area contributed by atoms with Gasteiger partial charge in [0.15, 0.2) is 17.5 Å². The Kier molecular flexibility index (Phi) is 5.87. The lowest BCUT2D eigenvalue weighted by atomic mass is 9.70. The van der Waals surface area contributed by atoms with Crippen LogP contribution in [-0.4, -0.2) is 15.0 Å². The lowest BCUT2D eigenvalue weighted by Gasteiger charge is -2.30. The maximum atomic E-state index is 6.76. The van der Waals surface area contributed by atoms with Crippen molar-refractivity contribution < 1.29 is 0 Å². The number of hydrogen-bond donors (Lipinski definition) is 1. The van der Waals surface area contributed by atoms with Gasteiger partial charge in [0.2, 0.25) is 0 Å². The van der Waals surface area contributed by atoms with Crippen LogP contribution in [0.4, 0.5) is 5.69 Å². The number of aromatic nitrogens is 3. The van der Waals surface area contributed by atoms with Crippen LogP contribution < -0.4 is 5.73 Å². The molecule has 0 fully saturated rings. The van der Waals surface area contributed by atoms with E-state index >= 15 is 0 Å². The maximum absolute atomic E-state index is 6.76. The summed E-state index contributed by atoms with van der Waals surface area (Å²) in [5, 5.41) is 2.39. The number of fused-ring (bicyclic) bond motifs is 14. The standard InChI is InChI=1S/C46H28N4S/c47-36-23-12-24-37-41(36)42-38(51-37)26-25-35-40(42)30-18-8-10-21-33(30)46(35)32-20-9-7-17-29(32)39-31(19-11-22-34(39)46)45-49-43(27-13-3-1-4-14-27)48-44(50-45)28-15-5-2-6-16-28/h1-26H,47H2. The molecule has 7 aromatic carbocycles. The first-order chi connectivity index (χ1) is 25.2. The fourth-order valence-corrected chi connectivity index (χ4v) is 9.87. The second kappa shape index (κ2) is 10.5. The molecule has 2 aliphatic carbocycles. The highest BCUT2D eigenvalue weighted by molar-refractivity contribution is 7.26. The van der Waals surface area contributed by atoms with Crippen molar-refractivity contribution in [2.75, 3.05) is 5.73 Å². The Balaban J connectivity index is 1.25. The molecule has 0 amide bonds. The molecule has 2 heterocycles. The van der Waals surface area contributed by atoms with Gasteiger partial charge >= 0.3 is 0 Å². The molecular weight excluding hydrogens is 641 g/mol. The van der Waals surface area contributed by atoms with Gasteiger partial charge in [0, 0.05) is 42.6 Å².